The lowest BCUT2D eigenvalue weighted by atomic mass is 9.93. The van der Waals surface area contributed by atoms with Crippen molar-refractivity contribution in [3.63, 3.8) is 0 Å². The van der Waals surface area contributed by atoms with Gasteiger partial charge in [-0.1, -0.05) is 38.1 Å². The van der Waals surface area contributed by atoms with E-state index < -0.39 is 0 Å². The van der Waals surface area contributed by atoms with Gasteiger partial charge in [-0.05, 0) is 17.7 Å². The van der Waals surface area contributed by atoms with Gasteiger partial charge in [-0.15, -0.1) is 0 Å². The molecule has 4 aromatic rings. The van der Waals surface area contributed by atoms with Crippen LogP contribution < -0.4 is 10.6 Å². The molecule has 0 saturated heterocycles. The number of benzene rings is 1. The van der Waals surface area contributed by atoms with Crippen molar-refractivity contribution >= 4 is 28.6 Å². The molecule has 4 rings (SSSR count). The van der Waals surface area contributed by atoms with Gasteiger partial charge in [0.1, 0.15) is 12.1 Å². The maximum absolute atomic E-state index is 12.2. The van der Waals surface area contributed by atoms with Gasteiger partial charge in [0.15, 0.2) is 11.5 Å². The van der Waals surface area contributed by atoms with Crippen LogP contribution >= 0.6 is 0 Å². The first-order valence-electron chi connectivity index (χ1n) is 9.15. The average molecular weight is 391 g/mol. The highest BCUT2D eigenvalue weighted by molar-refractivity contribution is 5.99. The third-order valence-electron chi connectivity index (χ3n) is 4.40. The highest BCUT2D eigenvalue weighted by Gasteiger charge is 2.20. The minimum Gasteiger partial charge on any atom is -0.359 e. The lowest BCUT2D eigenvalue weighted by molar-refractivity contribution is 0.262. The van der Waals surface area contributed by atoms with Crippen molar-refractivity contribution in [3.8, 4) is 0 Å². The van der Waals surface area contributed by atoms with Crippen molar-refractivity contribution < 1.29 is 9.32 Å². The fourth-order valence-corrected chi connectivity index (χ4v) is 2.82. The van der Waals surface area contributed by atoms with Gasteiger partial charge < -0.3 is 9.84 Å². The molecular weight excluding hydrogens is 370 g/mol. The zero-order valence-electron chi connectivity index (χ0n) is 16.4. The third kappa shape index (κ3) is 4.23. The number of fused-ring (bicyclic) bond motifs is 1. The van der Waals surface area contributed by atoms with E-state index in [1.165, 1.54) is 6.33 Å². The summed E-state index contributed by atoms with van der Waals surface area (Å²) in [4.78, 5) is 20.7. The van der Waals surface area contributed by atoms with E-state index in [1.807, 2.05) is 45.0 Å². The first-order chi connectivity index (χ1) is 13.9. The summed E-state index contributed by atoms with van der Waals surface area (Å²) in [5.74, 6) is 1.07. The molecule has 0 bridgehead atoms. The monoisotopic (exact) mass is 391 g/mol. The number of nitrogens with one attached hydrogen (secondary N) is 3. The van der Waals surface area contributed by atoms with E-state index >= 15 is 0 Å². The van der Waals surface area contributed by atoms with Crippen LogP contribution in [0.1, 0.15) is 37.8 Å². The number of aromatic nitrogens is 5. The van der Waals surface area contributed by atoms with Gasteiger partial charge in [-0.25, -0.2) is 14.8 Å². The molecule has 2 amide bonds. The van der Waals surface area contributed by atoms with E-state index in [-0.39, 0.29) is 11.4 Å². The number of amides is 2. The van der Waals surface area contributed by atoms with Crippen LogP contribution in [0.4, 0.5) is 16.3 Å². The van der Waals surface area contributed by atoms with Crippen molar-refractivity contribution in [2.75, 3.05) is 10.6 Å². The van der Waals surface area contributed by atoms with Crippen molar-refractivity contribution in [1.29, 1.82) is 0 Å². The Kier molecular flexibility index (Phi) is 4.71. The second-order valence-corrected chi connectivity index (χ2v) is 7.73. The summed E-state index contributed by atoms with van der Waals surface area (Å²) in [5, 5.41) is 17.1. The Balaban J connectivity index is 1.38. The van der Waals surface area contributed by atoms with Crippen molar-refractivity contribution in [2.45, 2.75) is 32.6 Å². The van der Waals surface area contributed by atoms with E-state index in [0.717, 1.165) is 16.6 Å². The van der Waals surface area contributed by atoms with Crippen LogP contribution in [-0.2, 0) is 11.8 Å². The predicted molar refractivity (Wildman–Crippen MR) is 109 cm³/mol. The number of anilines is 2. The summed E-state index contributed by atoms with van der Waals surface area (Å²) in [6, 6.07) is 8.90. The lowest BCUT2D eigenvalue weighted by Crippen LogP contribution is -2.19. The number of aromatic amines is 1. The van der Waals surface area contributed by atoms with E-state index in [2.05, 4.69) is 36.0 Å². The topological polar surface area (TPSA) is 122 Å². The van der Waals surface area contributed by atoms with Crippen LogP contribution in [0.25, 0.3) is 11.0 Å². The maximum Gasteiger partial charge on any atom is 0.324 e. The van der Waals surface area contributed by atoms with Gasteiger partial charge in [0.25, 0.3) is 0 Å². The number of hydrogen-bond acceptors (Lipinski definition) is 6. The fraction of sp³-hybridized carbons (Fsp3) is 0.250. The zero-order chi connectivity index (χ0) is 20.4. The molecule has 0 atom stereocenters. The first-order valence-corrected chi connectivity index (χ1v) is 9.15. The van der Waals surface area contributed by atoms with E-state index in [1.54, 1.807) is 12.3 Å². The maximum atomic E-state index is 12.2. The minimum atomic E-state index is -0.387. The fourth-order valence-electron chi connectivity index (χ4n) is 2.82. The molecule has 0 fully saturated rings. The molecule has 0 spiro atoms. The van der Waals surface area contributed by atoms with Crippen molar-refractivity contribution in [2.24, 2.45) is 0 Å². The Bertz CT molecular complexity index is 1140. The molecule has 1 aromatic carbocycles. The van der Waals surface area contributed by atoms with Gasteiger partial charge in [-0.3, -0.25) is 10.4 Å². The highest BCUT2D eigenvalue weighted by Crippen LogP contribution is 2.24. The molecule has 3 N–H and O–H groups in total. The summed E-state index contributed by atoms with van der Waals surface area (Å²) in [6.45, 7) is 6.04. The standard InChI is InChI=1S/C20H21N7O2/c1-20(2,3)16-9-17(27-29-16)25-19(28)24-13-6-4-12(5-7-13)8-15-14-10-23-26-18(14)22-11-21-15/h4-7,9-11H,8H2,1-3H3,(H,21,22,23,26)(H2,24,25,27,28). The van der Waals surface area contributed by atoms with Crippen LogP contribution in [0.5, 0.6) is 0 Å². The SMILES string of the molecule is CC(C)(C)c1cc(NC(=O)Nc2ccc(Cc3ncnc4[nH]ncc34)cc2)no1. The highest BCUT2D eigenvalue weighted by atomic mass is 16.5. The Hall–Kier alpha value is -3.75. The summed E-state index contributed by atoms with van der Waals surface area (Å²) in [5.41, 5.74) is 3.16. The van der Waals surface area contributed by atoms with Crippen molar-refractivity contribution in [3.05, 3.63) is 59.9 Å². The molecule has 0 aliphatic heterocycles. The second-order valence-electron chi connectivity index (χ2n) is 7.73. The zero-order valence-corrected chi connectivity index (χ0v) is 16.4. The molecule has 0 aliphatic carbocycles. The smallest absolute Gasteiger partial charge is 0.324 e. The Morgan fingerprint density at radius 2 is 1.93 bits per heavy atom. The van der Waals surface area contributed by atoms with E-state index in [9.17, 15) is 4.79 Å². The third-order valence-corrected chi connectivity index (χ3v) is 4.40. The van der Waals surface area contributed by atoms with E-state index in [0.29, 0.717) is 29.3 Å². The van der Waals surface area contributed by atoms with E-state index in [4.69, 9.17) is 4.52 Å². The summed E-state index contributed by atoms with van der Waals surface area (Å²) < 4.78 is 5.27. The predicted octanol–water partition coefficient (Wildman–Crippen LogP) is 3.87. The van der Waals surface area contributed by atoms with Crippen LogP contribution in [0.15, 0.2) is 47.4 Å². The number of carbonyl (C=O) groups is 1. The number of carbonyl (C=O) groups excluding carboxylic acids is 1. The van der Waals surface area contributed by atoms with Gasteiger partial charge in [-0.2, -0.15) is 5.10 Å². The van der Waals surface area contributed by atoms with Crippen LogP contribution in [0.2, 0.25) is 0 Å². The number of nitrogens with zero attached hydrogens (tertiary/aromatic N) is 4. The van der Waals surface area contributed by atoms with Crippen LogP contribution in [-0.4, -0.2) is 31.4 Å². The largest absolute Gasteiger partial charge is 0.359 e. The number of rotatable bonds is 4. The molecular formula is C20H21N7O2. The average Bonchev–Trinajstić information content (AvgIpc) is 3.33. The summed E-state index contributed by atoms with van der Waals surface area (Å²) >= 11 is 0. The molecule has 29 heavy (non-hydrogen) atoms. The lowest BCUT2D eigenvalue weighted by Gasteiger charge is -2.12. The molecule has 3 heterocycles. The molecule has 3 aromatic heterocycles. The number of H-pyrrole nitrogens is 1. The molecule has 9 nitrogen and oxygen atoms in total. The summed E-state index contributed by atoms with van der Waals surface area (Å²) in [6.07, 6.45) is 3.88. The quantitative estimate of drug-likeness (QED) is 0.485. The van der Waals surface area contributed by atoms with Gasteiger partial charge in [0.05, 0.1) is 17.3 Å². The normalized spacial score (nSPS) is 11.6. The first kappa shape index (κ1) is 18.6. The Morgan fingerprint density at radius 3 is 2.66 bits per heavy atom. The Morgan fingerprint density at radius 1 is 1.14 bits per heavy atom. The van der Waals surface area contributed by atoms with Crippen LogP contribution in [0, 0.1) is 0 Å². The van der Waals surface area contributed by atoms with Gasteiger partial charge in [0, 0.05) is 23.6 Å². The summed E-state index contributed by atoms with van der Waals surface area (Å²) in [7, 11) is 0. The van der Waals surface area contributed by atoms with Crippen LogP contribution in [0.3, 0.4) is 0 Å². The minimum absolute atomic E-state index is 0.176. The molecule has 148 valence electrons. The molecule has 0 aliphatic rings. The van der Waals surface area contributed by atoms with Gasteiger partial charge >= 0.3 is 6.03 Å². The van der Waals surface area contributed by atoms with Gasteiger partial charge in [0.2, 0.25) is 0 Å². The number of hydrogen-bond donors (Lipinski definition) is 3. The van der Waals surface area contributed by atoms with Crippen molar-refractivity contribution in [1.82, 2.24) is 25.3 Å². The molecule has 9 heteroatoms. The molecule has 0 saturated carbocycles. The Labute approximate surface area is 166 Å². The molecule has 0 unspecified atom stereocenters. The molecule has 0 radical (unpaired) electrons. The number of urea groups is 1. The second kappa shape index (κ2) is 7.34.